The summed E-state index contributed by atoms with van der Waals surface area (Å²) in [5.74, 6) is 0. The number of rotatable bonds is 1. The number of aryl methyl sites for hydroxylation is 1. The molecule has 0 spiro atoms. The van der Waals surface area contributed by atoms with Crippen molar-refractivity contribution in [1.29, 1.82) is 0 Å². The van der Waals surface area contributed by atoms with Gasteiger partial charge < -0.3 is 0 Å². The van der Waals surface area contributed by atoms with Crippen molar-refractivity contribution in [3.8, 4) is 11.3 Å². The second kappa shape index (κ2) is 3.87. The third-order valence-electron chi connectivity index (χ3n) is 2.18. The summed E-state index contributed by atoms with van der Waals surface area (Å²) in [7, 11) is 0. The second-order valence-corrected chi connectivity index (χ2v) is 3.65. The highest BCUT2D eigenvalue weighted by Crippen LogP contribution is 2.20. The number of hydrogen-bond donors (Lipinski definition) is 1. The van der Waals surface area contributed by atoms with E-state index in [2.05, 4.69) is 10.2 Å². The summed E-state index contributed by atoms with van der Waals surface area (Å²) < 4.78 is 0. The molecular weight excluding hydrogens is 212 g/mol. The predicted molar refractivity (Wildman–Crippen MR) is 60.0 cm³/mol. The van der Waals surface area contributed by atoms with E-state index in [9.17, 15) is 4.79 Å². The minimum atomic E-state index is -0.367. The van der Waals surface area contributed by atoms with Crippen LogP contribution in [0.3, 0.4) is 0 Å². The lowest BCUT2D eigenvalue weighted by Crippen LogP contribution is -2.08. The van der Waals surface area contributed by atoms with Gasteiger partial charge in [0.25, 0.3) is 5.56 Å². The average Bonchev–Trinajstić information content (AvgIpc) is 2.23. The normalized spacial score (nSPS) is 10.3. The second-order valence-electron chi connectivity index (χ2n) is 3.25. The zero-order valence-electron chi connectivity index (χ0n) is 8.12. The Morgan fingerprint density at radius 1 is 1.33 bits per heavy atom. The maximum Gasteiger partial charge on any atom is 0.282 e. The summed E-state index contributed by atoms with van der Waals surface area (Å²) in [6, 6.07) is 9.36. The van der Waals surface area contributed by atoms with E-state index in [1.807, 2.05) is 31.2 Å². The van der Waals surface area contributed by atoms with Crippen LogP contribution in [0, 0.1) is 6.92 Å². The molecule has 4 heteroatoms. The number of hydrogen-bond acceptors (Lipinski definition) is 2. The maximum atomic E-state index is 11.0. The summed E-state index contributed by atoms with van der Waals surface area (Å²) in [4.78, 5) is 11.0. The monoisotopic (exact) mass is 220 g/mol. The van der Waals surface area contributed by atoms with Crippen molar-refractivity contribution < 1.29 is 0 Å². The first kappa shape index (κ1) is 9.93. The van der Waals surface area contributed by atoms with Crippen molar-refractivity contribution in [2.75, 3.05) is 0 Å². The van der Waals surface area contributed by atoms with Crippen molar-refractivity contribution in [3.05, 3.63) is 51.3 Å². The van der Waals surface area contributed by atoms with Crippen LogP contribution in [0.15, 0.2) is 35.1 Å². The summed E-state index contributed by atoms with van der Waals surface area (Å²) in [6.07, 6.45) is 0. The fourth-order valence-electron chi connectivity index (χ4n) is 1.38. The molecular formula is C11H9ClN2O. The van der Waals surface area contributed by atoms with Gasteiger partial charge in [-0.3, -0.25) is 4.79 Å². The molecule has 0 saturated carbocycles. The van der Waals surface area contributed by atoms with Gasteiger partial charge in [-0.05, 0) is 18.6 Å². The van der Waals surface area contributed by atoms with Crippen molar-refractivity contribution >= 4 is 11.6 Å². The number of nitrogens with one attached hydrogen (secondary N) is 1. The molecule has 0 unspecified atom stereocenters. The molecule has 1 N–H and O–H groups in total. The fraction of sp³-hybridized carbons (Fsp3) is 0.0909. The van der Waals surface area contributed by atoms with E-state index in [-0.39, 0.29) is 10.6 Å². The quantitative estimate of drug-likeness (QED) is 0.802. The topological polar surface area (TPSA) is 45.8 Å². The molecule has 1 aromatic heterocycles. The largest absolute Gasteiger partial charge is 0.282 e. The third-order valence-corrected chi connectivity index (χ3v) is 2.46. The van der Waals surface area contributed by atoms with E-state index in [1.165, 1.54) is 0 Å². The molecule has 1 aromatic carbocycles. The number of aromatic nitrogens is 2. The highest BCUT2D eigenvalue weighted by Gasteiger charge is 2.05. The molecule has 1 heterocycles. The molecule has 0 saturated heterocycles. The van der Waals surface area contributed by atoms with Gasteiger partial charge >= 0.3 is 0 Å². The molecule has 0 fully saturated rings. The van der Waals surface area contributed by atoms with Gasteiger partial charge in [-0.2, -0.15) is 5.10 Å². The summed E-state index contributed by atoms with van der Waals surface area (Å²) in [6.45, 7) is 1.98. The standard InChI is InChI=1S/C11H9ClN2O/c1-7-4-2-3-5-8(7)10-6-9(12)11(15)14-13-10/h2-6H,1H3,(H,14,15). The van der Waals surface area contributed by atoms with Gasteiger partial charge in [0.1, 0.15) is 5.02 Å². The molecule has 0 bridgehead atoms. The first-order valence-corrected chi connectivity index (χ1v) is 4.87. The Morgan fingerprint density at radius 3 is 2.73 bits per heavy atom. The van der Waals surface area contributed by atoms with Gasteiger partial charge in [-0.25, -0.2) is 5.10 Å². The van der Waals surface area contributed by atoms with Crippen LogP contribution >= 0.6 is 11.6 Å². The van der Waals surface area contributed by atoms with E-state index in [0.29, 0.717) is 5.69 Å². The zero-order chi connectivity index (χ0) is 10.8. The van der Waals surface area contributed by atoms with Crippen molar-refractivity contribution in [1.82, 2.24) is 10.2 Å². The summed E-state index contributed by atoms with van der Waals surface area (Å²) in [5, 5.41) is 6.46. The lowest BCUT2D eigenvalue weighted by Gasteiger charge is -2.03. The first-order valence-electron chi connectivity index (χ1n) is 4.50. The Morgan fingerprint density at radius 2 is 2.07 bits per heavy atom. The molecule has 0 aliphatic rings. The molecule has 0 aliphatic heterocycles. The van der Waals surface area contributed by atoms with Gasteiger partial charge in [0.05, 0.1) is 5.69 Å². The van der Waals surface area contributed by atoms with Crippen LogP contribution in [0.2, 0.25) is 5.02 Å². The van der Waals surface area contributed by atoms with Crippen molar-refractivity contribution in [3.63, 3.8) is 0 Å². The Bertz CT molecular complexity index is 548. The van der Waals surface area contributed by atoms with Gasteiger partial charge in [0, 0.05) is 5.56 Å². The van der Waals surface area contributed by atoms with Gasteiger partial charge in [0.2, 0.25) is 0 Å². The lowest BCUT2D eigenvalue weighted by atomic mass is 10.1. The highest BCUT2D eigenvalue weighted by molar-refractivity contribution is 6.30. The molecule has 0 radical (unpaired) electrons. The van der Waals surface area contributed by atoms with Crippen LogP contribution in [0.5, 0.6) is 0 Å². The van der Waals surface area contributed by atoms with Crippen LogP contribution in [-0.4, -0.2) is 10.2 Å². The van der Waals surface area contributed by atoms with Crippen LogP contribution in [-0.2, 0) is 0 Å². The van der Waals surface area contributed by atoms with Crippen LogP contribution < -0.4 is 5.56 Å². The van der Waals surface area contributed by atoms with Crippen molar-refractivity contribution in [2.24, 2.45) is 0 Å². The smallest absolute Gasteiger partial charge is 0.266 e. The first-order chi connectivity index (χ1) is 7.18. The Balaban J connectivity index is 2.60. The molecule has 0 aliphatic carbocycles. The molecule has 0 atom stereocenters. The molecule has 76 valence electrons. The van der Waals surface area contributed by atoms with Crippen LogP contribution in [0.25, 0.3) is 11.3 Å². The van der Waals surface area contributed by atoms with E-state index >= 15 is 0 Å². The van der Waals surface area contributed by atoms with Gasteiger partial charge in [0.15, 0.2) is 0 Å². The summed E-state index contributed by atoms with van der Waals surface area (Å²) >= 11 is 5.73. The lowest BCUT2D eigenvalue weighted by molar-refractivity contribution is 0.994. The molecule has 3 nitrogen and oxygen atoms in total. The number of benzene rings is 1. The molecule has 0 amide bonds. The van der Waals surface area contributed by atoms with Crippen LogP contribution in [0.1, 0.15) is 5.56 Å². The third kappa shape index (κ3) is 1.92. The van der Waals surface area contributed by atoms with E-state index in [4.69, 9.17) is 11.6 Å². The number of aromatic amines is 1. The van der Waals surface area contributed by atoms with E-state index in [0.717, 1.165) is 11.1 Å². The van der Waals surface area contributed by atoms with Gasteiger partial charge in [-0.1, -0.05) is 35.9 Å². The van der Waals surface area contributed by atoms with E-state index < -0.39 is 0 Å². The number of nitrogens with zero attached hydrogens (tertiary/aromatic N) is 1. The highest BCUT2D eigenvalue weighted by atomic mass is 35.5. The molecule has 2 rings (SSSR count). The van der Waals surface area contributed by atoms with Crippen LogP contribution in [0.4, 0.5) is 0 Å². The number of H-pyrrole nitrogens is 1. The minimum Gasteiger partial charge on any atom is -0.266 e. The molecule has 15 heavy (non-hydrogen) atoms. The predicted octanol–water partition coefficient (Wildman–Crippen LogP) is 2.40. The maximum absolute atomic E-state index is 11.0. The Hall–Kier alpha value is -1.61. The van der Waals surface area contributed by atoms with Gasteiger partial charge in [-0.15, -0.1) is 0 Å². The zero-order valence-corrected chi connectivity index (χ0v) is 8.88. The fourth-order valence-corrected chi connectivity index (χ4v) is 1.53. The Labute approximate surface area is 91.7 Å². The molecule has 2 aromatic rings. The average molecular weight is 221 g/mol. The SMILES string of the molecule is Cc1ccccc1-c1cc(Cl)c(=O)[nH]n1. The minimum absolute atomic E-state index is 0.156. The number of halogens is 1. The van der Waals surface area contributed by atoms with Crippen molar-refractivity contribution in [2.45, 2.75) is 6.92 Å². The Kier molecular flexibility index (Phi) is 2.56. The summed E-state index contributed by atoms with van der Waals surface area (Å²) in [5.41, 5.74) is 2.37. The van der Waals surface area contributed by atoms with E-state index in [1.54, 1.807) is 6.07 Å².